The molecule has 0 N–H and O–H groups in total. The average molecular weight is 200 g/mol. The van der Waals surface area contributed by atoms with E-state index >= 15 is 0 Å². The zero-order chi connectivity index (χ0) is 11.6. The summed E-state index contributed by atoms with van der Waals surface area (Å²) in [6.07, 6.45) is 1.09. The molecular formula is C13H28O. The second kappa shape index (κ2) is 4.22. The highest BCUT2D eigenvalue weighted by molar-refractivity contribution is 4.78. The minimum Gasteiger partial charge on any atom is -0.375 e. The maximum atomic E-state index is 5.97. The Morgan fingerprint density at radius 1 is 0.714 bits per heavy atom. The van der Waals surface area contributed by atoms with E-state index in [2.05, 4.69) is 55.4 Å². The molecule has 0 heterocycles. The molecule has 0 spiro atoms. The predicted octanol–water partition coefficient (Wildman–Crippen LogP) is 4.26. The van der Waals surface area contributed by atoms with Crippen molar-refractivity contribution < 1.29 is 4.74 Å². The smallest absolute Gasteiger partial charge is 0.0631 e. The van der Waals surface area contributed by atoms with Crippen molar-refractivity contribution in [2.45, 2.75) is 67.4 Å². The third kappa shape index (κ3) is 8.55. The Morgan fingerprint density at radius 2 is 1.14 bits per heavy atom. The van der Waals surface area contributed by atoms with Gasteiger partial charge in [0.2, 0.25) is 0 Å². The molecule has 86 valence electrons. The minimum absolute atomic E-state index is 0.00840. The van der Waals surface area contributed by atoms with Crippen LogP contribution in [0.2, 0.25) is 0 Å². The molecule has 0 aromatic rings. The van der Waals surface area contributed by atoms with E-state index in [9.17, 15) is 0 Å². The first-order valence-electron chi connectivity index (χ1n) is 5.55. The highest BCUT2D eigenvalue weighted by atomic mass is 16.5. The van der Waals surface area contributed by atoms with Gasteiger partial charge in [0.1, 0.15) is 0 Å². The lowest BCUT2D eigenvalue weighted by atomic mass is 9.83. The second-order valence-electron chi connectivity index (χ2n) is 7.35. The van der Waals surface area contributed by atoms with Gasteiger partial charge in [-0.1, -0.05) is 41.5 Å². The van der Waals surface area contributed by atoms with E-state index in [0.717, 1.165) is 13.0 Å². The third-order valence-electron chi connectivity index (χ3n) is 1.85. The molecule has 14 heavy (non-hydrogen) atoms. The van der Waals surface area contributed by atoms with Crippen molar-refractivity contribution in [3.63, 3.8) is 0 Å². The Labute approximate surface area is 90.2 Å². The molecule has 0 radical (unpaired) electrons. The Kier molecular flexibility index (Phi) is 4.21. The van der Waals surface area contributed by atoms with E-state index in [1.807, 2.05) is 0 Å². The lowest BCUT2D eigenvalue weighted by molar-refractivity contribution is -0.0708. The Balaban J connectivity index is 4.09. The van der Waals surface area contributed by atoms with Gasteiger partial charge in [-0.05, 0) is 31.1 Å². The summed E-state index contributed by atoms with van der Waals surface area (Å²) in [5, 5.41) is 0. The van der Waals surface area contributed by atoms with E-state index in [1.54, 1.807) is 0 Å². The van der Waals surface area contributed by atoms with Crippen molar-refractivity contribution in [1.29, 1.82) is 0 Å². The van der Waals surface area contributed by atoms with Gasteiger partial charge in [0, 0.05) is 0 Å². The van der Waals surface area contributed by atoms with Gasteiger partial charge < -0.3 is 4.74 Å². The van der Waals surface area contributed by atoms with Gasteiger partial charge >= 0.3 is 0 Å². The van der Waals surface area contributed by atoms with Crippen molar-refractivity contribution in [2.24, 2.45) is 10.8 Å². The van der Waals surface area contributed by atoms with Gasteiger partial charge in [-0.25, -0.2) is 0 Å². The summed E-state index contributed by atoms with van der Waals surface area (Å²) >= 11 is 0. The van der Waals surface area contributed by atoms with E-state index < -0.39 is 0 Å². The van der Waals surface area contributed by atoms with E-state index in [0.29, 0.717) is 5.41 Å². The molecule has 0 bridgehead atoms. The topological polar surface area (TPSA) is 9.23 Å². The Hall–Kier alpha value is -0.0400. The van der Waals surface area contributed by atoms with Crippen LogP contribution in [0, 0.1) is 10.8 Å². The first kappa shape index (κ1) is 14.0. The molecule has 0 aromatic carbocycles. The van der Waals surface area contributed by atoms with Crippen LogP contribution < -0.4 is 0 Å². The molecule has 0 aliphatic heterocycles. The largest absolute Gasteiger partial charge is 0.375 e. The molecule has 0 aliphatic carbocycles. The van der Waals surface area contributed by atoms with Gasteiger partial charge in [-0.2, -0.15) is 0 Å². The molecule has 0 saturated carbocycles. The Bertz CT molecular complexity index is 167. The third-order valence-corrected chi connectivity index (χ3v) is 1.85. The fourth-order valence-electron chi connectivity index (χ4n) is 1.74. The summed E-state index contributed by atoms with van der Waals surface area (Å²) in [5.41, 5.74) is 0.585. The lowest BCUT2D eigenvalue weighted by Gasteiger charge is -2.34. The second-order valence-corrected chi connectivity index (χ2v) is 7.35. The van der Waals surface area contributed by atoms with Crippen LogP contribution in [0.5, 0.6) is 0 Å². The zero-order valence-corrected chi connectivity index (χ0v) is 11.3. The summed E-state index contributed by atoms with van der Waals surface area (Å²) in [4.78, 5) is 0. The summed E-state index contributed by atoms with van der Waals surface area (Å²) in [6.45, 7) is 18.6. The van der Waals surface area contributed by atoms with Crippen molar-refractivity contribution in [2.75, 3.05) is 6.61 Å². The zero-order valence-electron chi connectivity index (χ0n) is 11.3. The normalized spacial score (nSPS) is 14.6. The molecule has 0 amide bonds. The van der Waals surface area contributed by atoms with Gasteiger partial charge in [-0.15, -0.1) is 0 Å². The van der Waals surface area contributed by atoms with Crippen molar-refractivity contribution in [3.8, 4) is 0 Å². The quantitative estimate of drug-likeness (QED) is 0.661. The van der Waals surface area contributed by atoms with Crippen LogP contribution in [-0.2, 0) is 4.74 Å². The van der Waals surface area contributed by atoms with Crippen molar-refractivity contribution in [1.82, 2.24) is 0 Å². The maximum absolute atomic E-state index is 5.97. The van der Waals surface area contributed by atoms with Crippen LogP contribution in [0.4, 0.5) is 0 Å². The maximum Gasteiger partial charge on any atom is 0.0631 e. The predicted molar refractivity (Wildman–Crippen MR) is 63.6 cm³/mol. The molecule has 0 saturated heterocycles. The average Bonchev–Trinajstić information content (AvgIpc) is 1.76. The summed E-state index contributed by atoms with van der Waals surface area (Å²) in [7, 11) is 0. The molecule has 0 rings (SSSR count). The lowest BCUT2D eigenvalue weighted by Crippen LogP contribution is -2.33. The van der Waals surface area contributed by atoms with Crippen LogP contribution in [0.3, 0.4) is 0 Å². The minimum atomic E-state index is -0.00840. The fourth-order valence-corrected chi connectivity index (χ4v) is 1.74. The molecule has 0 aromatic heterocycles. The monoisotopic (exact) mass is 200 g/mol. The highest BCUT2D eigenvalue weighted by Gasteiger charge is 2.27. The number of hydrogen-bond donors (Lipinski definition) is 0. The van der Waals surface area contributed by atoms with Crippen LogP contribution in [0.1, 0.15) is 61.8 Å². The first-order valence-corrected chi connectivity index (χ1v) is 5.55. The van der Waals surface area contributed by atoms with Gasteiger partial charge in [-0.3, -0.25) is 0 Å². The van der Waals surface area contributed by atoms with E-state index in [4.69, 9.17) is 4.74 Å². The van der Waals surface area contributed by atoms with Crippen LogP contribution in [0.25, 0.3) is 0 Å². The summed E-state index contributed by atoms with van der Waals surface area (Å²) in [5.74, 6) is 0. The summed E-state index contributed by atoms with van der Waals surface area (Å²) in [6, 6.07) is 0. The fraction of sp³-hybridized carbons (Fsp3) is 1.00. The number of ether oxygens (including phenoxy) is 1. The number of rotatable bonds is 3. The standard InChI is InChI=1S/C13H28O/c1-11(2,3)9-13(7,8)14-10-12(4,5)6/h9-10H2,1-8H3. The number of hydrogen-bond acceptors (Lipinski definition) is 1. The molecule has 0 fully saturated rings. The van der Waals surface area contributed by atoms with Crippen molar-refractivity contribution >= 4 is 0 Å². The summed E-state index contributed by atoms with van der Waals surface area (Å²) < 4.78 is 5.97. The van der Waals surface area contributed by atoms with Crippen LogP contribution in [0.15, 0.2) is 0 Å². The van der Waals surface area contributed by atoms with Gasteiger partial charge in [0.15, 0.2) is 0 Å². The molecule has 1 nitrogen and oxygen atoms in total. The first-order chi connectivity index (χ1) is 5.91. The molecule has 0 aliphatic rings. The highest BCUT2D eigenvalue weighted by Crippen LogP contribution is 2.30. The SMILES string of the molecule is CC(C)(C)COC(C)(C)CC(C)(C)C. The molecular weight excluding hydrogens is 172 g/mol. The van der Waals surface area contributed by atoms with E-state index in [1.165, 1.54) is 0 Å². The van der Waals surface area contributed by atoms with Crippen LogP contribution >= 0.6 is 0 Å². The van der Waals surface area contributed by atoms with Gasteiger partial charge in [0.05, 0.1) is 12.2 Å². The van der Waals surface area contributed by atoms with Crippen molar-refractivity contribution in [3.05, 3.63) is 0 Å². The molecule has 1 heteroatoms. The van der Waals surface area contributed by atoms with Crippen LogP contribution in [-0.4, -0.2) is 12.2 Å². The Morgan fingerprint density at radius 3 is 1.43 bits per heavy atom. The van der Waals surface area contributed by atoms with E-state index in [-0.39, 0.29) is 11.0 Å². The van der Waals surface area contributed by atoms with Gasteiger partial charge in [0.25, 0.3) is 0 Å². The molecule has 0 atom stereocenters. The molecule has 0 unspecified atom stereocenters.